The van der Waals surface area contributed by atoms with E-state index in [0.717, 1.165) is 57.3 Å². The maximum absolute atomic E-state index is 6.32. The van der Waals surface area contributed by atoms with Gasteiger partial charge in [-0.25, -0.2) is 4.99 Å². The van der Waals surface area contributed by atoms with Crippen LogP contribution in [0.15, 0.2) is 71.0 Å². The Hall–Kier alpha value is -2.25. The van der Waals surface area contributed by atoms with Crippen LogP contribution in [-0.2, 0) is 13.0 Å². The molecule has 0 amide bonds. The van der Waals surface area contributed by atoms with Crippen LogP contribution in [0, 0.1) is 6.92 Å². The average Bonchev–Trinajstić information content (AvgIpc) is 3.23. The van der Waals surface area contributed by atoms with E-state index < -0.39 is 0 Å². The van der Waals surface area contributed by atoms with E-state index in [9.17, 15) is 0 Å². The first kappa shape index (κ1) is 26.4. The van der Waals surface area contributed by atoms with Crippen molar-refractivity contribution in [2.24, 2.45) is 4.99 Å². The molecule has 4 rings (SSSR count). The zero-order valence-corrected chi connectivity index (χ0v) is 23.1. The lowest BCUT2D eigenvalue weighted by atomic mass is 10.1. The Balaban J connectivity index is 0.00000324. The normalized spacial score (nSPS) is 11.3. The fourth-order valence-corrected chi connectivity index (χ4v) is 4.84. The van der Waals surface area contributed by atoms with Gasteiger partial charge in [0.05, 0.1) is 35.6 Å². The molecule has 8 heteroatoms. The van der Waals surface area contributed by atoms with Gasteiger partial charge in [-0.2, -0.15) is 0 Å². The van der Waals surface area contributed by atoms with Crippen LogP contribution in [-0.4, -0.2) is 18.8 Å². The molecule has 0 aliphatic heterocycles. The smallest absolute Gasteiger partial charge is 0.190 e. The molecule has 0 saturated heterocycles. The van der Waals surface area contributed by atoms with Gasteiger partial charge in [0.25, 0.3) is 0 Å². The van der Waals surface area contributed by atoms with E-state index in [4.69, 9.17) is 37.7 Å². The first-order chi connectivity index (χ1) is 16.0. The van der Waals surface area contributed by atoms with E-state index in [0.29, 0.717) is 10.0 Å². The van der Waals surface area contributed by atoms with Gasteiger partial charge >= 0.3 is 0 Å². The molecule has 0 aliphatic carbocycles. The summed E-state index contributed by atoms with van der Waals surface area (Å²) in [6.45, 7) is 2.81. The van der Waals surface area contributed by atoms with E-state index in [-0.39, 0.29) is 17.0 Å². The highest BCUT2D eigenvalue weighted by Gasteiger charge is 2.12. The second-order valence-corrected chi connectivity index (χ2v) is 9.17. The number of benzene rings is 3. The summed E-state index contributed by atoms with van der Waals surface area (Å²) in [5.41, 5.74) is 5.28. The minimum absolute atomic E-state index is 0. The molecule has 0 saturated carbocycles. The van der Waals surface area contributed by atoms with Gasteiger partial charge in [0.15, 0.2) is 16.3 Å². The topological polar surface area (TPSA) is 35.8 Å². The number of para-hydroxylation sites is 1. The molecule has 178 valence electrons. The van der Waals surface area contributed by atoms with Crippen molar-refractivity contribution in [2.75, 3.05) is 14.2 Å². The lowest BCUT2D eigenvalue weighted by molar-refractivity contribution is 0.354. The second kappa shape index (κ2) is 11.9. The van der Waals surface area contributed by atoms with E-state index >= 15 is 0 Å². The van der Waals surface area contributed by atoms with Gasteiger partial charge < -0.3 is 14.0 Å². The molecule has 0 atom stereocenters. The van der Waals surface area contributed by atoms with Crippen molar-refractivity contribution >= 4 is 57.2 Å². The average molecular weight is 580 g/mol. The number of methoxy groups -OCH3 is 2. The third-order valence-corrected chi connectivity index (χ3v) is 7.02. The number of rotatable bonds is 7. The number of thiazole rings is 1. The minimum Gasteiger partial charge on any atom is -0.493 e. The maximum Gasteiger partial charge on any atom is 0.190 e. The van der Waals surface area contributed by atoms with E-state index in [2.05, 4.69) is 29.0 Å². The highest BCUT2D eigenvalue weighted by atomic mass is 79.9. The van der Waals surface area contributed by atoms with Crippen LogP contribution in [0.2, 0.25) is 10.0 Å². The number of nitrogens with zero attached hydrogens (tertiary/aromatic N) is 2. The molecule has 4 nitrogen and oxygen atoms in total. The molecule has 3 aromatic carbocycles. The van der Waals surface area contributed by atoms with Gasteiger partial charge in [0.2, 0.25) is 0 Å². The zero-order chi connectivity index (χ0) is 23.4. The Kier molecular flexibility index (Phi) is 9.25. The summed E-state index contributed by atoms with van der Waals surface area (Å²) in [6, 6.07) is 19.9. The number of aromatic nitrogens is 1. The number of hydrogen-bond acceptors (Lipinski definition) is 4. The van der Waals surface area contributed by atoms with Gasteiger partial charge in [-0.1, -0.05) is 53.5 Å². The van der Waals surface area contributed by atoms with Gasteiger partial charge in [-0.3, -0.25) is 0 Å². The van der Waals surface area contributed by atoms with Crippen LogP contribution in [0.5, 0.6) is 11.5 Å². The lowest BCUT2D eigenvalue weighted by Gasteiger charge is -2.12. The minimum atomic E-state index is 0. The summed E-state index contributed by atoms with van der Waals surface area (Å²) < 4.78 is 13.1. The van der Waals surface area contributed by atoms with Gasteiger partial charge in [-0.05, 0) is 54.8 Å². The Morgan fingerprint density at radius 1 is 0.912 bits per heavy atom. The molecule has 1 heterocycles. The summed E-state index contributed by atoms with van der Waals surface area (Å²) in [6.07, 6.45) is 0.798. The standard InChI is InChI=1S/C26H24Cl2N2O2S.BrH/c1-17-6-4-5-7-22(17)29-26-30(13-12-18-8-11-24(31-2)25(14-18)32-3)23(16-33-26)19-9-10-20(27)21(28)15-19;/h4-11,14-16H,12-13H2,1-3H3;1H. The van der Waals surface area contributed by atoms with Crippen LogP contribution in [0.3, 0.4) is 0 Å². The lowest BCUT2D eigenvalue weighted by Crippen LogP contribution is -2.17. The summed E-state index contributed by atoms with van der Waals surface area (Å²) >= 11 is 14.1. The third-order valence-electron chi connectivity index (χ3n) is 5.42. The van der Waals surface area contributed by atoms with Crippen LogP contribution < -0.4 is 14.3 Å². The summed E-state index contributed by atoms with van der Waals surface area (Å²) in [5, 5.41) is 3.19. The Morgan fingerprint density at radius 3 is 2.38 bits per heavy atom. The number of ether oxygens (including phenoxy) is 2. The SMILES string of the molecule is Br.COc1ccc(CCn2c(-c3ccc(Cl)c(Cl)c3)csc2=Nc2ccccc2C)cc1OC. The molecule has 0 unspecified atom stereocenters. The van der Waals surface area contributed by atoms with Crippen LogP contribution in [0.25, 0.3) is 11.3 Å². The molecule has 0 N–H and O–H groups in total. The summed E-state index contributed by atoms with van der Waals surface area (Å²) in [5.74, 6) is 1.44. The van der Waals surface area contributed by atoms with E-state index in [1.54, 1.807) is 25.6 Å². The monoisotopic (exact) mass is 578 g/mol. The van der Waals surface area contributed by atoms with Crippen LogP contribution >= 0.6 is 51.5 Å². The third kappa shape index (κ3) is 5.87. The number of hydrogen-bond donors (Lipinski definition) is 0. The molecular formula is C26H25BrCl2N2O2S. The largest absolute Gasteiger partial charge is 0.493 e. The van der Waals surface area contributed by atoms with Gasteiger partial charge in [0.1, 0.15) is 0 Å². The van der Waals surface area contributed by atoms with Crippen molar-refractivity contribution in [3.63, 3.8) is 0 Å². The summed E-state index contributed by atoms with van der Waals surface area (Å²) in [4.78, 5) is 5.90. The molecule has 0 fully saturated rings. The van der Waals surface area contributed by atoms with Crippen molar-refractivity contribution in [2.45, 2.75) is 19.9 Å². The molecule has 0 radical (unpaired) electrons. The molecule has 0 spiro atoms. The fraction of sp³-hybridized carbons (Fsp3) is 0.192. The van der Waals surface area contributed by atoms with Crippen molar-refractivity contribution in [1.82, 2.24) is 4.57 Å². The van der Waals surface area contributed by atoms with E-state index in [1.807, 2.05) is 48.5 Å². The molecule has 0 aliphatic rings. The number of halogens is 3. The Morgan fingerprint density at radius 2 is 1.68 bits per heavy atom. The Bertz CT molecular complexity index is 1350. The molecule has 4 aromatic rings. The zero-order valence-electron chi connectivity index (χ0n) is 19.0. The van der Waals surface area contributed by atoms with Crippen LogP contribution in [0.1, 0.15) is 11.1 Å². The fourth-order valence-electron chi connectivity index (χ4n) is 3.59. The number of aryl methyl sites for hydroxylation is 2. The van der Waals surface area contributed by atoms with Gasteiger partial charge in [0, 0.05) is 17.5 Å². The highest BCUT2D eigenvalue weighted by Crippen LogP contribution is 2.30. The molecule has 34 heavy (non-hydrogen) atoms. The van der Waals surface area contributed by atoms with Crippen molar-refractivity contribution in [3.05, 3.63) is 92.0 Å². The van der Waals surface area contributed by atoms with Gasteiger partial charge in [-0.15, -0.1) is 28.3 Å². The first-order valence-electron chi connectivity index (χ1n) is 10.4. The highest BCUT2D eigenvalue weighted by molar-refractivity contribution is 8.93. The predicted octanol–water partition coefficient (Wildman–Crippen LogP) is 7.90. The van der Waals surface area contributed by atoms with Crippen LogP contribution in [0.4, 0.5) is 5.69 Å². The molecular weight excluding hydrogens is 555 g/mol. The molecule has 1 aromatic heterocycles. The second-order valence-electron chi connectivity index (χ2n) is 7.52. The first-order valence-corrected chi connectivity index (χ1v) is 12.1. The quantitative estimate of drug-likeness (QED) is 0.223. The van der Waals surface area contributed by atoms with Crippen molar-refractivity contribution in [3.8, 4) is 22.8 Å². The van der Waals surface area contributed by atoms with Crippen molar-refractivity contribution in [1.29, 1.82) is 0 Å². The van der Waals surface area contributed by atoms with E-state index in [1.165, 1.54) is 0 Å². The Labute approximate surface area is 224 Å². The van der Waals surface area contributed by atoms with Crippen molar-refractivity contribution < 1.29 is 9.47 Å². The predicted molar refractivity (Wildman–Crippen MR) is 148 cm³/mol. The maximum atomic E-state index is 6.32. The molecule has 0 bridgehead atoms. The summed E-state index contributed by atoms with van der Waals surface area (Å²) in [7, 11) is 3.29.